The number of piperazine rings is 1. The van der Waals surface area contributed by atoms with Crippen molar-refractivity contribution in [3.8, 4) is 0 Å². The molecule has 2 aliphatic rings. The molecule has 0 saturated carbocycles. The third-order valence-corrected chi connectivity index (χ3v) is 6.43. The summed E-state index contributed by atoms with van der Waals surface area (Å²) in [5.41, 5.74) is 0. The molecule has 0 radical (unpaired) electrons. The zero-order valence-electron chi connectivity index (χ0n) is 13.4. The van der Waals surface area contributed by atoms with Crippen LogP contribution in [0.5, 0.6) is 0 Å². The zero-order chi connectivity index (χ0) is 18.2. The molecule has 0 atom stereocenters. The number of likely N-dealkylation sites (tertiary alicyclic amines) is 1. The van der Waals surface area contributed by atoms with Crippen molar-refractivity contribution in [3.05, 3.63) is 29.8 Å². The summed E-state index contributed by atoms with van der Waals surface area (Å²) in [4.78, 5) is 24.4. The van der Waals surface area contributed by atoms with Crippen LogP contribution in [0.15, 0.2) is 23.1 Å². The van der Waals surface area contributed by atoms with E-state index in [9.17, 15) is 26.8 Å². The molecular weight excluding hydrogens is 356 g/mol. The van der Waals surface area contributed by atoms with Crippen LogP contribution in [0, 0.1) is 11.6 Å². The molecule has 2 amide bonds. The van der Waals surface area contributed by atoms with Crippen LogP contribution in [0.25, 0.3) is 0 Å². The van der Waals surface area contributed by atoms with Gasteiger partial charge >= 0.3 is 0 Å². The van der Waals surface area contributed by atoms with Gasteiger partial charge in [0.05, 0.1) is 26.2 Å². The molecular formula is C15H18F2N3O4S+. The number of hydrogen-bond acceptors (Lipinski definition) is 4. The second kappa shape index (κ2) is 6.77. The molecule has 10 heteroatoms. The van der Waals surface area contributed by atoms with Gasteiger partial charge in [0, 0.05) is 12.8 Å². The van der Waals surface area contributed by atoms with Crippen LogP contribution in [-0.4, -0.2) is 62.3 Å². The summed E-state index contributed by atoms with van der Waals surface area (Å²) in [6.07, 6.45) is 0.415. The summed E-state index contributed by atoms with van der Waals surface area (Å²) in [7, 11) is -4.27. The van der Waals surface area contributed by atoms with E-state index in [0.717, 1.165) is 27.4 Å². The average molecular weight is 374 g/mol. The highest BCUT2D eigenvalue weighted by atomic mass is 32.2. The fraction of sp³-hybridized carbons (Fsp3) is 0.467. The van der Waals surface area contributed by atoms with Gasteiger partial charge in [-0.25, -0.2) is 22.1 Å². The van der Waals surface area contributed by atoms with Crippen molar-refractivity contribution < 1.29 is 31.7 Å². The number of carbonyl (C=O) groups excluding carboxylic acids is 2. The zero-order valence-corrected chi connectivity index (χ0v) is 14.2. The molecule has 2 aliphatic heterocycles. The first-order valence-corrected chi connectivity index (χ1v) is 9.35. The van der Waals surface area contributed by atoms with E-state index in [-0.39, 0.29) is 44.4 Å². The first-order valence-electron chi connectivity index (χ1n) is 7.91. The summed E-state index contributed by atoms with van der Waals surface area (Å²) >= 11 is 0. The van der Waals surface area contributed by atoms with E-state index in [4.69, 9.17) is 0 Å². The van der Waals surface area contributed by atoms with E-state index in [1.54, 1.807) is 0 Å². The topological polar surface area (TPSA) is 79.2 Å². The highest BCUT2D eigenvalue weighted by Crippen LogP contribution is 2.22. The number of carbonyl (C=O) groups is 2. The lowest BCUT2D eigenvalue weighted by Crippen LogP contribution is -3.16. The summed E-state index contributed by atoms with van der Waals surface area (Å²) in [6, 6.07) is 2.92. The number of quaternary nitrogens is 1. The van der Waals surface area contributed by atoms with Gasteiger partial charge in [-0.2, -0.15) is 4.31 Å². The second-order valence-corrected chi connectivity index (χ2v) is 7.95. The fourth-order valence-electron chi connectivity index (χ4n) is 3.08. The largest absolute Gasteiger partial charge is 0.315 e. The lowest BCUT2D eigenvalue weighted by atomic mass is 10.3. The fourth-order valence-corrected chi connectivity index (χ4v) is 4.63. The molecule has 0 bridgehead atoms. The maximum atomic E-state index is 13.8. The van der Waals surface area contributed by atoms with E-state index in [2.05, 4.69) is 0 Å². The van der Waals surface area contributed by atoms with Gasteiger partial charge in [0.15, 0.2) is 11.6 Å². The molecule has 1 aromatic rings. The molecule has 3 rings (SSSR count). The number of hydrogen-bond donors (Lipinski definition) is 1. The number of nitrogens with zero attached hydrogens (tertiary/aromatic N) is 2. The Morgan fingerprint density at radius 2 is 1.52 bits per heavy atom. The smallest absolute Gasteiger partial charge is 0.249 e. The highest BCUT2D eigenvalue weighted by molar-refractivity contribution is 7.89. The van der Waals surface area contributed by atoms with Gasteiger partial charge in [0.25, 0.3) is 0 Å². The highest BCUT2D eigenvalue weighted by Gasteiger charge is 2.37. The molecule has 0 spiro atoms. The number of rotatable bonds is 4. The van der Waals surface area contributed by atoms with Crippen molar-refractivity contribution in [3.63, 3.8) is 0 Å². The van der Waals surface area contributed by atoms with Crippen LogP contribution in [0.1, 0.15) is 12.8 Å². The third kappa shape index (κ3) is 3.42. The maximum absolute atomic E-state index is 13.8. The van der Waals surface area contributed by atoms with Gasteiger partial charge < -0.3 is 4.90 Å². The summed E-state index contributed by atoms with van der Waals surface area (Å²) in [6.45, 7) is 0.988. The van der Waals surface area contributed by atoms with Crippen molar-refractivity contribution in [2.75, 3.05) is 32.8 Å². The van der Waals surface area contributed by atoms with Gasteiger partial charge in [0.2, 0.25) is 21.8 Å². The molecule has 2 heterocycles. The van der Waals surface area contributed by atoms with E-state index in [0.29, 0.717) is 13.1 Å². The maximum Gasteiger partial charge on any atom is 0.249 e. The second-order valence-electron chi connectivity index (χ2n) is 6.08. The van der Waals surface area contributed by atoms with E-state index < -0.39 is 26.6 Å². The van der Waals surface area contributed by atoms with Crippen molar-refractivity contribution in [1.82, 2.24) is 9.21 Å². The van der Waals surface area contributed by atoms with Crippen LogP contribution < -0.4 is 4.90 Å². The van der Waals surface area contributed by atoms with Crippen LogP contribution >= 0.6 is 0 Å². The van der Waals surface area contributed by atoms with Crippen LogP contribution in [0.3, 0.4) is 0 Å². The quantitative estimate of drug-likeness (QED) is 0.683. The Labute approximate surface area is 143 Å². The number of nitrogens with one attached hydrogen (secondary N) is 1. The molecule has 0 aliphatic carbocycles. The third-order valence-electron chi connectivity index (χ3n) is 4.48. The SMILES string of the molecule is O=C1CCC(=O)N1C[NH+]1CCN(S(=O)(=O)c2c(F)cccc2F)CC1. The van der Waals surface area contributed by atoms with E-state index in [1.165, 1.54) is 4.90 Å². The molecule has 1 aromatic carbocycles. The molecule has 136 valence electrons. The molecule has 2 fully saturated rings. The number of imide groups is 1. The summed E-state index contributed by atoms with van der Waals surface area (Å²) in [5.74, 6) is -2.69. The van der Waals surface area contributed by atoms with Gasteiger partial charge in [0.1, 0.15) is 11.6 Å². The Kier molecular flexibility index (Phi) is 4.85. The molecule has 7 nitrogen and oxygen atoms in total. The number of halogens is 2. The van der Waals surface area contributed by atoms with Gasteiger partial charge in [-0.05, 0) is 12.1 Å². The van der Waals surface area contributed by atoms with E-state index >= 15 is 0 Å². The van der Waals surface area contributed by atoms with Gasteiger partial charge in [-0.1, -0.05) is 6.07 Å². The van der Waals surface area contributed by atoms with Crippen LogP contribution in [0.4, 0.5) is 8.78 Å². The lowest BCUT2D eigenvalue weighted by Gasteiger charge is -2.33. The minimum atomic E-state index is -4.27. The first kappa shape index (κ1) is 17.9. The normalized spacial score (nSPS) is 20.5. The minimum Gasteiger partial charge on any atom is -0.315 e. The molecule has 25 heavy (non-hydrogen) atoms. The Balaban J connectivity index is 1.68. The molecule has 1 N–H and O–H groups in total. The van der Waals surface area contributed by atoms with Gasteiger partial charge in [-0.3, -0.25) is 9.59 Å². The first-order chi connectivity index (χ1) is 11.8. The predicted molar refractivity (Wildman–Crippen MR) is 81.8 cm³/mol. The Morgan fingerprint density at radius 3 is 2.04 bits per heavy atom. The van der Waals surface area contributed by atoms with Crippen molar-refractivity contribution in [1.29, 1.82) is 0 Å². The van der Waals surface area contributed by atoms with Crippen molar-refractivity contribution in [2.24, 2.45) is 0 Å². The Hall–Kier alpha value is -1.91. The van der Waals surface area contributed by atoms with Crippen LogP contribution in [0.2, 0.25) is 0 Å². The van der Waals surface area contributed by atoms with E-state index in [1.807, 2.05) is 0 Å². The van der Waals surface area contributed by atoms with Gasteiger partial charge in [-0.15, -0.1) is 0 Å². The lowest BCUT2D eigenvalue weighted by molar-refractivity contribution is -0.910. The molecule has 2 saturated heterocycles. The molecule has 0 aromatic heterocycles. The minimum absolute atomic E-state index is 0.0572. The number of amides is 2. The summed E-state index contributed by atoms with van der Waals surface area (Å²) < 4.78 is 53.6. The van der Waals surface area contributed by atoms with Crippen molar-refractivity contribution >= 4 is 21.8 Å². The number of benzene rings is 1. The molecule has 0 unspecified atom stereocenters. The average Bonchev–Trinajstić information content (AvgIpc) is 2.87. The predicted octanol–water partition coefficient (Wildman–Crippen LogP) is -1.04. The number of sulfonamides is 1. The van der Waals surface area contributed by atoms with Crippen molar-refractivity contribution in [2.45, 2.75) is 17.7 Å². The Bertz CT molecular complexity index is 771. The summed E-state index contributed by atoms with van der Waals surface area (Å²) in [5, 5.41) is 0. The monoisotopic (exact) mass is 374 g/mol. The Morgan fingerprint density at radius 1 is 1.00 bits per heavy atom. The van der Waals surface area contributed by atoms with Crippen LogP contribution in [-0.2, 0) is 19.6 Å². The standard InChI is InChI=1S/C15H17F2N3O4S/c16-11-2-1-3-12(17)15(11)25(23,24)19-8-6-18(7-9-19)10-20-13(21)4-5-14(20)22/h1-3H,4-10H2/p+1.